The largest absolute Gasteiger partial charge is 0.454 e. The highest BCUT2D eigenvalue weighted by Gasteiger charge is 2.31. The smallest absolute Gasteiger partial charge is 0.416 e. The second-order valence-corrected chi connectivity index (χ2v) is 6.84. The van der Waals surface area contributed by atoms with Crippen molar-refractivity contribution < 1.29 is 27.4 Å². The lowest BCUT2D eigenvalue weighted by Crippen LogP contribution is -2.15. The Balaban J connectivity index is 1.76. The molecule has 1 amide bonds. The SMILES string of the molecule is NC(=O)c1nc(-c2cccc(C(F)(F)F)c2)nc2c1[nH]c(=O)n2-c1ccc2c(c1)OCO2. The highest BCUT2D eigenvalue weighted by molar-refractivity contribution is 6.02. The fraction of sp³-hybridized carbons (Fsp3) is 0.100. The third kappa shape index (κ3) is 3.12. The van der Waals surface area contributed by atoms with E-state index < -0.39 is 23.3 Å². The zero-order valence-corrected chi connectivity index (χ0v) is 15.9. The van der Waals surface area contributed by atoms with E-state index in [1.165, 1.54) is 18.2 Å². The van der Waals surface area contributed by atoms with E-state index >= 15 is 0 Å². The van der Waals surface area contributed by atoms with E-state index in [1.807, 2.05) is 0 Å². The first kappa shape index (κ1) is 19.6. The summed E-state index contributed by atoms with van der Waals surface area (Å²) in [5.74, 6) is -0.305. The summed E-state index contributed by atoms with van der Waals surface area (Å²) in [5, 5.41) is 0. The molecule has 5 rings (SSSR count). The quantitative estimate of drug-likeness (QED) is 0.502. The molecular formula is C20H12F3N5O4. The van der Waals surface area contributed by atoms with Gasteiger partial charge in [0, 0.05) is 11.6 Å². The Labute approximate surface area is 176 Å². The molecule has 0 saturated heterocycles. The Morgan fingerprint density at radius 3 is 2.62 bits per heavy atom. The average molecular weight is 443 g/mol. The lowest BCUT2D eigenvalue weighted by molar-refractivity contribution is -0.137. The van der Waals surface area contributed by atoms with Gasteiger partial charge in [-0.2, -0.15) is 13.2 Å². The van der Waals surface area contributed by atoms with E-state index in [-0.39, 0.29) is 35.0 Å². The van der Waals surface area contributed by atoms with Crippen molar-refractivity contribution in [2.45, 2.75) is 6.18 Å². The Bertz CT molecular complexity index is 1460. The van der Waals surface area contributed by atoms with Gasteiger partial charge in [0.05, 0.1) is 11.3 Å². The fourth-order valence-corrected chi connectivity index (χ4v) is 3.39. The zero-order chi connectivity index (χ0) is 22.6. The van der Waals surface area contributed by atoms with Crippen LogP contribution in [0.4, 0.5) is 13.2 Å². The molecule has 0 atom stereocenters. The molecule has 1 aliphatic heterocycles. The summed E-state index contributed by atoms with van der Waals surface area (Å²) in [6.45, 7) is 0.0231. The number of amides is 1. The molecule has 162 valence electrons. The normalized spacial score (nSPS) is 13.0. The number of halogens is 3. The maximum atomic E-state index is 13.2. The molecule has 3 N–H and O–H groups in total. The van der Waals surface area contributed by atoms with Crippen molar-refractivity contribution in [3.8, 4) is 28.6 Å². The van der Waals surface area contributed by atoms with Gasteiger partial charge in [-0.15, -0.1) is 0 Å². The van der Waals surface area contributed by atoms with E-state index in [0.717, 1.165) is 16.7 Å². The Kier molecular flexibility index (Phi) is 4.19. The number of fused-ring (bicyclic) bond motifs is 2. The number of H-pyrrole nitrogens is 1. The second-order valence-electron chi connectivity index (χ2n) is 6.84. The summed E-state index contributed by atoms with van der Waals surface area (Å²) in [6.07, 6.45) is -4.59. The first-order valence-corrected chi connectivity index (χ1v) is 9.12. The molecule has 0 bridgehead atoms. The number of nitrogens with zero attached hydrogens (tertiary/aromatic N) is 3. The lowest BCUT2D eigenvalue weighted by atomic mass is 10.1. The van der Waals surface area contributed by atoms with Crippen molar-refractivity contribution >= 4 is 17.1 Å². The Morgan fingerprint density at radius 2 is 1.88 bits per heavy atom. The minimum Gasteiger partial charge on any atom is -0.454 e. The molecule has 12 heteroatoms. The number of alkyl halides is 3. The lowest BCUT2D eigenvalue weighted by Gasteiger charge is -2.10. The van der Waals surface area contributed by atoms with Gasteiger partial charge < -0.3 is 20.2 Å². The summed E-state index contributed by atoms with van der Waals surface area (Å²) in [5.41, 5.74) is 3.76. The highest BCUT2D eigenvalue weighted by atomic mass is 19.4. The van der Waals surface area contributed by atoms with Crippen molar-refractivity contribution in [2.75, 3.05) is 6.79 Å². The van der Waals surface area contributed by atoms with Crippen LogP contribution in [-0.2, 0) is 6.18 Å². The first-order chi connectivity index (χ1) is 15.2. The van der Waals surface area contributed by atoms with Crippen LogP contribution < -0.4 is 20.9 Å². The van der Waals surface area contributed by atoms with Gasteiger partial charge in [0.2, 0.25) is 6.79 Å². The number of nitrogens with one attached hydrogen (secondary N) is 1. The van der Waals surface area contributed by atoms with Crippen molar-refractivity contribution in [3.05, 3.63) is 64.2 Å². The second kappa shape index (κ2) is 6.83. The van der Waals surface area contributed by atoms with Gasteiger partial charge in [-0.3, -0.25) is 4.79 Å². The standard InChI is InChI=1S/C20H12F3N5O4/c21-20(22,23)10-3-1-2-9(6-10)17-25-14(16(24)29)15-18(27-17)28(19(30)26-15)11-4-5-12-13(7-11)32-8-31-12/h1-7H,8H2,(H2,24,29)(H,26,30). The number of nitrogens with two attached hydrogens (primary N) is 1. The van der Waals surface area contributed by atoms with Crippen LogP contribution in [0.1, 0.15) is 16.1 Å². The number of aromatic nitrogens is 4. The molecule has 4 aromatic rings. The van der Waals surface area contributed by atoms with E-state index in [2.05, 4.69) is 15.0 Å². The monoisotopic (exact) mass is 443 g/mol. The molecule has 0 unspecified atom stereocenters. The van der Waals surface area contributed by atoms with Crippen LogP contribution in [0.25, 0.3) is 28.2 Å². The van der Waals surface area contributed by atoms with Crippen LogP contribution >= 0.6 is 0 Å². The number of aromatic amines is 1. The number of carbonyl (C=O) groups is 1. The highest BCUT2D eigenvalue weighted by Crippen LogP contribution is 2.35. The molecule has 2 aromatic heterocycles. The molecule has 2 aromatic carbocycles. The van der Waals surface area contributed by atoms with E-state index in [1.54, 1.807) is 12.1 Å². The summed E-state index contributed by atoms with van der Waals surface area (Å²) in [7, 11) is 0. The number of carbonyl (C=O) groups excluding carboxylic acids is 1. The number of hydrogen-bond donors (Lipinski definition) is 2. The minimum atomic E-state index is -4.59. The average Bonchev–Trinajstić information content (AvgIpc) is 3.35. The van der Waals surface area contributed by atoms with Gasteiger partial charge in [0.1, 0.15) is 5.52 Å². The van der Waals surface area contributed by atoms with Gasteiger partial charge in [0.25, 0.3) is 5.91 Å². The number of imidazole rings is 1. The Hall–Kier alpha value is -4.35. The summed E-state index contributed by atoms with van der Waals surface area (Å²) in [6, 6.07) is 8.99. The maximum Gasteiger partial charge on any atom is 0.416 e. The van der Waals surface area contributed by atoms with Crippen molar-refractivity contribution in [2.24, 2.45) is 5.73 Å². The van der Waals surface area contributed by atoms with Gasteiger partial charge >= 0.3 is 11.9 Å². The molecule has 32 heavy (non-hydrogen) atoms. The number of hydrogen-bond acceptors (Lipinski definition) is 6. The van der Waals surface area contributed by atoms with Crippen LogP contribution in [0, 0.1) is 0 Å². The predicted molar refractivity (Wildman–Crippen MR) is 105 cm³/mol. The van der Waals surface area contributed by atoms with E-state index in [4.69, 9.17) is 15.2 Å². The van der Waals surface area contributed by atoms with Gasteiger partial charge in [-0.05, 0) is 24.3 Å². The molecular weight excluding hydrogens is 431 g/mol. The van der Waals surface area contributed by atoms with Crippen LogP contribution in [0.3, 0.4) is 0 Å². The number of rotatable bonds is 3. The first-order valence-electron chi connectivity index (χ1n) is 9.12. The van der Waals surface area contributed by atoms with Crippen molar-refractivity contribution in [1.29, 1.82) is 0 Å². The molecule has 9 nitrogen and oxygen atoms in total. The van der Waals surface area contributed by atoms with Crippen LogP contribution in [0.15, 0.2) is 47.3 Å². The number of ether oxygens (including phenoxy) is 2. The molecule has 0 spiro atoms. The summed E-state index contributed by atoms with van der Waals surface area (Å²) < 4.78 is 51.2. The number of benzene rings is 2. The van der Waals surface area contributed by atoms with Crippen molar-refractivity contribution in [1.82, 2.24) is 19.5 Å². The van der Waals surface area contributed by atoms with Crippen LogP contribution in [-0.4, -0.2) is 32.2 Å². The van der Waals surface area contributed by atoms with Gasteiger partial charge in [-0.1, -0.05) is 12.1 Å². The summed E-state index contributed by atoms with van der Waals surface area (Å²) in [4.78, 5) is 35.5. The van der Waals surface area contributed by atoms with Crippen LogP contribution in [0.5, 0.6) is 11.5 Å². The molecule has 0 fully saturated rings. The van der Waals surface area contributed by atoms with Crippen LogP contribution in [0.2, 0.25) is 0 Å². The van der Waals surface area contributed by atoms with Gasteiger partial charge in [0.15, 0.2) is 28.7 Å². The third-order valence-corrected chi connectivity index (χ3v) is 4.83. The molecule has 0 saturated carbocycles. The third-order valence-electron chi connectivity index (χ3n) is 4.83. The maximum absolute atomic E-state index is 13.2. The van der Waals surface area contributed by atoms with Crippen molar-refractivity contribution in [3.63, 3.8) is 0 Å². The van der Waals surface area contributed by atoms with E-state index in [0.29, 0.717) is 17.2 Å². The topological polar surface area (TPSA) is 125 Å². The molecule has 0 radical (unpaired) electrons. The fourth-order valence-electron chi connectivity index (χ4n) is 3.39. The number of primary amides is 1. The molecule has 3 heterocycles. The minimum absolute atomic E-state index is 0.00453. The zero-order valence-electron chi connectivity index (χ0n) is 15.9. The Morgan fingerprint density at radius 1 is 1.09 bits per heavy atom. The molecule has 0 aliphatic carbocycles. The molecule has 1 aliphatic rings. The predicted octanol–water partition coefficient (Wildman–Crippen LogP) is 2.62. The summed E-state index contributed by atoms with van der Waals surface area (Å²) >= 11 is 0. The van der Waals surface area contributed by atoms with E-state index in [9.17, 15) is 22.8 Å². The van der Waals surface area contributed by atoms with Gasteiger partial charge in [-0.25, -0.2) is 19.3 Å².